The Bertz CT molecular complexity index is 998. The fraction of sp³-hybridized carbons (Fsp3) is 0.333. The third-order valence-electron chi connectivity index (χ3n) is 5.46. The molecule has 1 saturated carbocycles. The normalized spacial score (nSPS) is 18.3. The van der Waals surface area contributed by atoms with Crippen LogP contribution in [0, 0.1) is 0 Å². The van der Waals surface area contributed by atoms with Crippen LogP contribution in [-0.2, 0) is 4.79 Å². The van der Waals surface area contributed by atoms with Crippen LogP contribution in [-0.4, -0.2) is 24.3 Å². The van der Waals surface area contributed by atoms with Crippen LogP contribution in [0.2, 0.25) is 0 Å². The van der Waals surface area contributed by atoms with Gasteiger partial charge in [-0.25, -0.2) is 0 Å². The number of aliphatic imine (C=N–C) groups is 1. The first-order valence-corrected chi connectivity index (χ1v) is 12.1. The SMILES string of the molecule is NC1=NC(=O)/C(=C\c2cc(Br)ccc2OCCOc2ccc(C3CCCCC3)cc2)S1. The first kappa shape index (κ1) is 22.0. The molecule has 0 saturated heterocycles. The average Bonchev–Trinajstić information content (AvgIpc) is 3.10. The number of amides is 1. The lowest BCUT2D eigenvalue weighted by atomic mass is 9.84. The molecule has 1 aliphatic heterocycles. The van der Waals surface area contributed by atoms with Crippen LogP contribution in [0.4, 0.5) is 0 Å². The highest BCUT2D eigenvalue weighted by Crippen LogP contribution is 2.33. The van der Waals surface area contributed by atoms with Crippen LogP contribution >= 0.6 is 27.7 Å². The number of nitrogens with zero attached hydrogens (tertiary/aromatic N) is 1. The topological polar surface area (TPSA) is 73.9 Å². The standard InChI is InChI=1S/C24H25BrN2O3S/c25-19-8-11-21(18(14-19)15-22-23(28)27-24(26)31-22)30-13-12-29-20-9-6-17(7-10-20)16-4-2-1-3-5-16/h6-11,14-16H,1-5,12-13H2,(H2,26,27,28)/b22-15+. The van der Waals surface area contributed by atoms with E-state index >= 15 is 0 Å². The van der Waals surface area contributed by atoms with E-state index in [2.05, 4.69) is 33.1 Å². The molecule has 2 aromatic carbocycles. The molecule has 1 aliphatic carbocycles. The van der Waals surface area contributed by atoms with E-state index in [1.165, 1.54) is 37.7 Å². The van der Waals surface area contributed by atoms with Gasteiger partial charge in [0.25, 0.3) is 5.91 Å². The zero-order valence-corrected chi connectivity index (χ0v) is 19.6. The first-order valence-electron chi connectivity index (χ1n) is 10.5. The predicted octanol–water partition coefficient (Wildman–Crippen LogP) is 5.88. The average molecular weight is 501 g/mol. The molecule has 0 aromatic heterocycles. The summed E-state index contributed by atoms with van der Waals surface area (Å²) in [5, 5.41) is 0.261. The number of benzene rings is 2. The second-order valence-corrected chi connectivity index (χ2v) is 9.63. The highest BCUT2D eigenvalue weighted by atomic mass is 79.9. The molecule has 4 rings (SSSR count). The summed E-state index contributed by atoms with van der Waals surface area (Å²) in [6.45, 7) is 0.820. The Balaban J connectivity index is 1.32. The van der Waals surface area contributed by atoms with E-state index in [1.807, 2.05) is 30.3 Å². The van der Waals surface area contributed by atoms with Gasteiger partial charge in [0.05, 0.1) is 4.91 Å². The molecule has 162 valence electrons. The molecule has 1 fully saturated rings. The van der Waals surface area contributed by atoms with E-state index in [0.717, 1.165) is 27.5 Å². The molecule has 5 nitrogen and oxygen atoms in total. The van der Waals surface area contributed by atoms with Crippen molar-refractivity contribution in [3.8, 4) is 11.5 Å². The molecule has 2 N–H and O–H groups in total. The summed E-state index contributed by atoms with van der Waals surface area (Å²) in [7, 11) is 0. The molecule has 0 unspecified atom stereocenters. The second kappa shape index (κ2) is 10.4. The molecule has 31 heavy (non-hydrogen) atoms. The number of rotatable bonds is 7. The number of carbonyl (C=O) groups is 1. The fourth-order valence-corrected chi connectivity index (χ4v) is 4.97. The zero-order valence-electron chi connectivity index (χ0n) is 17.2. The lowest BCUT2D eigenvalue weighted by Gasteiger charge is -2.22. The maximum Gasteiger partial charge on any atom is 0.286 e. The lowest BCUT2D eigenvalue weighted by Crippen LogP contribution is -2.10. The summed E-state index contributed by atoms with van der Waals surface area (Å²) in [5.74, 6) is 1.89. The van der Waals surface area contributed by atoms with E-state index < -0.39 is 0 Å². The molecule has 2 aromatic rings. The van der Waals surface area contributed by atoms with Crippen molar-refractivity contribution < 1.29 is 14.3 Å². The number of carbonyl (C=O) groups excluding carboxylic acids is 1. The largest absolute Gasteiger partial charge is 0.490 e. The Morgan fingerprint density at radius 1 is 1.06 bits per heavy atom. The van der Waals surface area contributed by atoms with Crippen molar-refractivity contribution in [3.05, 3.63) is 63.0 Å². The van der Waals surface area contributed by atoms with E-state index in [4.69, 9.17) is 15.2 Å². The number of ether oxygens (including phenoxy) is 2. The van der Waals surface area contributed by atoms with Gasteiger partial charge >= 0.3 is 0 Å². The molecule has 1 heterocycles. The molecule has 0 radical (unpaired) electrons. The maximum absolute atomic E-state index is 11.9. The van der Waals surface area contributed by atoms with Gasteiger partial charge < -0.3 is 15.2 Å². The van der Waals surface area contributed by atoms with Crippen LogP contribution in [0.3, 0.4) is 0 Å². The van der Waals surface area contributed by atoms with Crippen LogP contribution in [0.1, 0.15) is 49.1 Å². The van der Waals surface area contributed by atoms with Crippen molar-refractivity contribution in [1.82, 2.24) is 0 Å². The van der Waals surface area contributed by atoms with Gasteiger partial charge in [-0.1, -0.05) is 47.3 Å². The summed E-state index contributed by atoms with van der Waals surface area (Å²) in [4.78, 5) is 16.1. The predicted molar refractivity (Wildman–Crippen MR) is 130 cm³/mol. The van der Waals surface area contributed by atoms with Gasteiger partial charge in [0.2, 0.25) is 0 Å². The molecule has 2 aliphatic rings. The highest BCUT2D eigenvalue weighted by Gasteiger charge is 2.20. The van der Waals surface area contributed by atoms with Crippen LogP contribution in [0.5, 0.6) is 11.5 Å². The molecule has 0 atom stereocenters. The minimum absolute atomic E-state index is 0.261. The Kier molecular flexibility index (Phi) is 7.35. The number of hydrogen-bond acceptors (Lipinski definition) is 5. The van der Waals surface area contributed by atoms with Crippen LogP contribution in [0.25, 0.3) is 6.08 Å². The van der Waals surface area contributed by atoms with Gasteiger partial charge in [-0.3, -0.25) is 4.79 Å². The molecule has 7 heteroatoms. The van der Waals surface area contributed by atoms with E-state index in [9.17, 15) is 4.79 Å². The minimum atomic E-state index is -0.326. The van der Waals surface area contributed by atoms with Crippen molar-refractivity contribution >= 4 is 44.8 Å². The highest BCUT2D eigenvalue weighted by molar-refractivity contribution is 9.10. The summed E-state index contributed by atoms with van der Waals surface area (Å²) in [6, 6.07) is 14.1. The van der Waals surface area contributed by atoms with Crippen molar-refractivity contribution in [2.75, 3.05) is 13.2 Å². The third kappa shape index (κ3) is 5.92. The Morgan fingerprint density at radius 3 is 2.52 bits per heavy atom. The second-order valence-electron chi connectivity index (χ2n) is 7.65. The van der Waals surface area contributed by atoms with Crippen molar-refractivity contribution in [3.63, 3.8) is 0 Å². The number of thioether (sulfide) groups is 1. The Morgan fingerprint density at radius 2 is 1.81 bits per heavy atom. The maximum atomic E-state index is 11.9. The van der Waals surface area contributed by atoms with Gasteiger partial charge in [-0.15, -0.1) is 0 Å². The van der Waals surface area contributed by atoms with Gasteiger partial charge in [0.15, 0.2) is 5.17 Å². The monoisotopic (exact) mass is 500 g/mol. The van der Waals surface area contributed by atoms with Crippen molar-refractivity contribution in [1.29, 1.82) is 0 Å². The van der Waals surface area contributed by atoms with Gasteiger partial charge in [-0.2, -0.15) is 4.99 Å². The molecule has 0 spiro atoms. The van der Waals surface area contributed by atoms with Gasteiger partial charge in [0, 0.05) is 10.0 Å². The fourth-order valence-electron chi connectivity index (χ4n) is 3.91. The number of halogens is 1. The van der Waals surface area contributed by atoms with Gasteiger partial charge in [0.1, 0.15) is 24.7 Å². The Labute approximate surface area is 195 Å². The number of amidine groups is 1. The summed E-state index contributed by atoms with van der Waals surface area (Å²) < 4.78 is 12.7. The van der Waals surface area contributed by atoms with E-state index in [-0.39, 0.29) is 11.1 Å². The van der Waals surface area contributed by atoms with Crippen LogP contribution in [0.15, 0.2) is 56.8 Å². The van der Waals surface area contributed by atoms with E-state index in [0.29, 0.717) is 29.8 Å². The number of nitrogens with two attached hydrogens (primary N) is 1. The summed E-state index contributed by atoms with van der Waals surface area (Å²) in [6.07, 6.45) is 8.38. The van der Waals surface area contributed by atoms with Gasteiger partial charge in [-0.05, 0) is 72.5 Å². The van der Waals surface area contributed by atoms with Crippen LogP contribution < -0.4 is 15.2 Å². The molecule has 1 amide bonds. The molecule has 0 bridgehead atoms. The van der Waals surface area contributed by atoms with E-state index in [1.54, 1.807) is 6.08 Å². The lowest BCUT2D eigenvalue weighted by molar-refractivity contribution is -0.113. The Hall–Kier alpha value is -2.25. The summed E-state index contributed by atoms with van der Waals surface area (Å²) in [5.41, 5.74) is 7.84. The van der Waals surface area contributed by atoms with Crippen molar-refractivity contribution in [2.24, 2.45) is 10.7 Å². The zero-order chi connectivity index (χ0) is 21.6. The quantitative estimate of drug-likeness (QED) is 0.379. The molecular formula is C24H25BrN2O3S. The smallest absolute Gasteiger partial charge is 0.286 e. The minimum Gasteiger partial charge on any atom is -0.490 e. The molecular weight excluding hydrogens is 476 g/mol. The van der Waals surface area contributed by atoms with Crippen molar-refractivity contribution in [2.45, 2.75) is 38.0 Å². The third-order valence-corrected chi connectivity index (χ3v) is 6.77. The first-order chi connectivity index (χ1) is 15.1. The number of hydrogen-bond donors (Lipinski definition) is 1. The summed E-state index contributed by atoms with van der Waals surface area (Å²) >= 11 is 4.63.